The average molecular weight is 400 g/mol. The number of ether oxygens (including phenoxy) is 2. The van der Waals surface area contributed by atoms with Crippen LogP contribution in [0.3, 0.4) is 0 Å². The second kappa shape index (κ2) is 9.45. The van der Waals surface area contributed by atoms with Crippen LogP contribution in [-0.4, -0.2) is 12.8 Å². The predicted octanol–water partition coefficient (Wildman–Crippen LogP) is 6.72. The Labute approximate surface area is 169 Å². The van der Waals surface area contributed by atoms with Crippen molar-refractivity contribution < 1.29 is 9.47 Å². The first-order valence-electron chi connectivity index (χ1n) is 8.58. The summed E-state index contributed by atoms with van der Waals surface area (Å²) in [4.78, 5) is 4.44. The molecule has 0 spiro atoms. The summed E-state index contributed by atoms with van der Waals surface area (Å²) in [5, 5.41) is 0.901. The minimum Gasteiger partial charge on any atom is -0.494 e. The molecule has 0 aliphatic rings. The maximum absolute atomic E-state index is 6.35. The second-order valence-corrected chi connectivity index (χ2v) is 6.59. The van der Waals surface area contributed by atoms with Crippen LogP contribution in [0.5, 0.6) is 11.5 Å². The van der Waals surface area contributed by atoms with Crippen molar-refractivity contribution in [1.29, 1.82) is 0 Å². The number of aliphatic imine (C=N–C) groups is 1. The van der Waals surface area contributed by atoms with Crippen LogP contribution in [0.2, 0.25) is 10.0 Å². The molecule has 138 valence electrons. The Kier molecular flexibility index (Phi) is 6.74. The Balaban J connectivity index is 1.70. The van der Waals surface area contributed by atoms with Crippen molar-refractivity contribution in [3.8, 4) is 11.5 Å². The third-order valence-corrected chi connectivity index (χ3v) is 4.32. The Morgan fingerprint density at radius 2 is 1.56 bits per heavy atom. The van der Waals surface area contributed by atoms with E-state index < -0.39 is 0 Å². The Hall–Kier alpha value is -2.49. The molecule has 27 heavy (non-hydrogen) atoms. The molecule has 5 heteroatoms. The van der Waals surface area contributed by atoms with E-state index in [1.165, 1.54) is 0 Å². The van der Waals surface area contributed by atoms with Crippen molar-refractivity contribution >= 4 is 35.1 Å². The first-order chi connectivity index (χ1) is 13.2. The molecule has 0 amide bonds. The van der Waals surface area contributed by atoms with Crippen molar-refractivity contribution in [2.24, 2.45) is 4.99 Å². The molecule has 0 aliphatic heterocycles. The molecule has 0 saturated carbocycles. The largest absolute Gasteiger partial charge is 0.494 e. The molecule has 3 aromatic carbocycles. The monoisotopic (exact) mass is 399 g/mol. The van der Waals surface area contributed by atoms with Crippen LogP contribution >= 0.6 is 23.2 Å². The predicted molar refractivity (Wildman–Crippen MR) is 112 cm³/mol. The van der Waals surface area contributed by atoms with E-state index in [-0.39, 0.29) is 0 Å². The zero-order chi connectivity index (χ0) is 19.1. The zero-order valence-corrected chi connectivity index (χ0v) is 16.4. The third-order valence-electron chi connectivity index (χ3n) is 3.76. The summed E-state index contributed by atoms with van der Waals surface area (Å²) in [7, 11) is 0. The van der Waals surface area contributed by atoms with Gasteiger partial charge in [-0.05, 0) is 54.4 Å². The highest BCUT2D eigenvalue weighted by Gasteiger charge is 2.09. The van der Waals surface area contributed by atoms with Gasteiger partial charge in [0, 0.05) is 6.21 Å². The third kappa shape index (κ3) is 5.49. The second-order valence-electron chi connectivity index (χ2n) is 5.77. The molecule has 0 aromatic heterocycles. The highest BCUT2D eigenvalue weighted by Crippen LogP contribution is 2.34. The molecular weight excluding hydrogens is 381 g/mol. The molecule has 0 fully saturated rings. The molecule has 0 aliphatic carbocycles. The highest BCUT2D eigenvalue weighted by atomic mass is 35.5. The van der Waals surface area contributed by atoms with Crippen molar-refractivity contribution in [3.63, 3.8) is 0 Å². The molecule has 0 saturated heterocycles. The number of benzene rings is 3. The SMILES string of the molecule is CCOc1ccc(N=Cc2cc(Cl)c(OCc3ccccc3)c(Cl)c2)cc1. The van der Waals surface area contributed by atoms with Crippen LogP contribution < -0.4 is 9.47 Å². The smallest absolute Gasteiger partial charge is 0.157 e. The zero-order valence-electron chi connectivity index (χ0n) is 14.9. The van der Waals surface area contributed by atoms with Crippen LogP contribution in [0, 0.1) is 0 Å². The fraction of sp³-hybridized carbons (Fsp3) is 0.136. The van der Waals surface area contributed by atoms with Crippen LogP contribution in [0.15, 0.2) is 71.7 Å². The topological polar surface area (TPSA) is 30.8 Å². The molecule has 0 unspecified atom stereocenters. The van der Waals surface area contributed by atoms with Gasteiger partial charge in [0.1, 0.15) is 12.4 Å². The quantitative estimate of drug-likeness (QED) is 0.412. The van der Waals surface area contributed by atoms with Crippen LogP contribution in [0.4, 0.5) is 5.69 Å². The lowest BCUT2D eigenvalue weighted by atomic mass is 10.2. The normalized spacial score (nSPS) is 10.9. The molecule has 0 bridgehead atoms. The molecule has 3 aromatic rings. The molecule has 0 atom stereocenters. The van der Waals surface area contributed by atoms with Crippen LogP contribution in [-0.2, 0) is 6.61 Å². The van der Waals surface area contributed by atoms with Gasteiger partial charge in [0.2, 0.25) is 0 Å². The lowest BCUT2D eigenvalue weighted by molar-refractivity contribution is 0.306. The summed E-state index contributed by atoms with van der Waals surface area (Å²) in [5.74, 6) is 1.29. The number of rotatable bonds is 7. The molecular formula is C22H19Cl2NO2. The summed E-state index contributed by atoms with van der Waals surface area (Å²) >= 11 is 12.7. The fourth-order valence-electron chi connectivity index (χ4n) is 2.47. The number of hydrogen-bond acceptors (Lipinski definition) is 3. The van der Waals surface area contributed by atoms with Gasteiger partial charge in [0.05, 0.1) is 22.3 Å². The van der Waals surface area contributed by atoms with Crippen LogP contribution in [0.25, 0.3) is 0 Å². The minimum absolute atomic E-state index is 0.403. The van der Waals surface area contributed by atoms with Gasteiger partial charge in [-0.2, -0.15) is 0 Å². The van der Waals surface area contributed by atoms with E-state index in [0.29, 0.717) is 29.0 Å². The van der Waals surface area contributed by atoms with Gasteiger partial charge in [-0.3, -0.25) is 4.99 Å². The van der Waals surface area contributed by atoms with Gasteiger partial charge < -0.3 is 9.47 Å². The molecule has 0 radical (unpaired) electrons. The van der Waals surface area contributed by atoms with Crippen LogP contribution in [0.1, 0.15) is 18.1 Å². The standard InChI is InChI=1S/C22H19Cl2NO2/c1-2-26-19-10-8-18(9-11-19)25-14-17-12-20(23)22(21(24)13-17)27-15-16-6-4-3-5-7-16/h3-14H,2,15H2,1H3. The molecule has 3 rings (SSSR count). The summed E-state index contributed by atoms with van der Waals surface area (Å²) < 4.78 is 11.2. The van der Waals surface area contributed by atoms with Gasteiger partial charge in [-0.15, -0.1) is 0 Å². The summed E-state index contributed by atoms with van der Waals surface area (Å²) in [6.45, 7) is 2.99. The Bertz CT molecular complexity index is 886. The maximum atomic E-state index is 6.35. The van der Waals surface area contributed by atoms with E-state index in [9.17, 15) is 0 Å². The van der Waals surface area contributed by atoms with E-state index in [1.807, 2.05) is 61.5 Å². The minimum atomic E-state index is 0.403. The van der Waals surface area contributed by atoms with Crippen molar-refractivity contribution in [3.05, 3.63) is 87.9 Å². The number of hydrogen-bond donors (Lipinski definition) is 0. The fourth-order valence-corrected chi connectivity index (χ4v) is 3.08. The van der Waals surface area contributed by atoms with Gasteiger partial charge >= 0.3 is 0 Å². The summed E-state index contributed by atoms with van der Waals surface area (Å²) in [6, 6.07) is 21.0. The van der Waals surface area contributed by atoms with Gasteiger partial charge in [-0.25, -0.2) is 0 Å². The lowest BCUT2D eigenvalue weighted by Gasteiger charge is -2.11. The van der Waals surface area contributed by atoms with Crippen molar-refractivity contribution in [2.45, 2.75) is 13.5 Å². The maximum Gasteiger partial charge on any atom is 0.157 e. The lowest BCUT2D eigenvalue weighted by Crippen LogP contribution is -1.97. The average Bonchev–Trinajstić information content (AvgIpc) is 2.68. The van der Waals surface area contributed by atoms with Crippen molar-refractivity contribution in [2.75, 3.05) is 6.61 Å². The van der Waals surface area contributed by atoms with Gasteiger partial charge in [-0.1, -0.05) is 53.5 Å². The van der Waals surface area contributed by atoms with Gasteiger partial charge in [0.25, 0.3) is 0 Å². The summed E-state index contributed by atoms with van der Waals surface area (Å²) in [5.41, 5.74) is 2.66. The van der Waals surface area contributed by atoms with Crippen molar-refractivity contribution in [1.82, 2.24) is 0 Å². The Morgan fingerprint density at radius 1 is 0.889 bits per heavy atom. The first kappa shape index (κ1) is 19.3. The Morgan fingerprint density at radius 3 is 2.19 bits per heavy atom. The van der Waals surface area contributed by atoms with E-state index in [4.69, 9.17) is 32.7 Å². The number of nitrogens with zero attached hydrogens (tertiary/aromatic N) is 1. The summed E-state index contributed by atoms with van der Waals surface area (Å²) in [6.07, 6.45) is 1.72. The molecule has 0 N–H and O–H groups in total. The number of halogens is 2. The van der Waals surface area contributed by atoms with E-state index >= 15 is 0 Å². The first-order valence-corrected chi connectivity index (χ1v) is 9.34. The molecule has 3 nitrogen and oxygen atoms in total. The van der Waals surface area contributed by atoms with E-state index in [1.54, 1.807) is 18.3 Å². The van der Waals surface area contributed by atoms with E-state index in [0.717, 1.165) is 22.6 Å². The van der Waals surface area contributed by atoms with E-state index in [2.05, 4.69) is 4.99 Å². The van der Waals surface area contributed by atoms with Gasteiger partial charge in [0.15, 0.2) is 5.75 Å². The highest BCUT2D eigenvalue weighted by molar-refractivity contribution is 6.37. The molecule has 0 heterocycles.